The maximum Gasteiger partial charge on any atom is 0.145 e. The van der Waals surface area contributed by atoms with Crippen molar-refractivity contribution in [2.45, 2.75) is 0 Å². The van der Waals surface area contributed by atoms with E-state index < -0.39 is 18.1 Å². The van der Waals surface area contributed by atoms with E-state index in [1.165, 1.54) is 0 Å². The van der Waals surface area contributed by atoms with E-state index in [2.05, 4.69) is 41.0 Å². The molecule has 8 aromatic carbocycles. The average Bonchev–Trinajstić information content (AvgIpc) is 3.58. The molecule has 2 nitrogen and oxygen atoms in total. The third-order valence-corrected chi connectivity index (χ3v) is 8.48. The van der Waals surface area contributed by atoms with E-state index in [0.717, 1.165) is 60.8 Å². The molecule has 0 unspecified atom stereocenters. The van der Waals surface area contributed by atoms with E-state index >= 15 is 0 Å². The quantitative estimate of drug-likeness (QED) is 0.190. The molecule has 1 aromatic heterocycles. The molecule has 0 saturated heterocycles. The fraction of sp³-hybridized carbons (Fsp3) is 0. The van der Waals surface area contributed by atoms with Gasteiger partial charge >= 0.3 is 0 Å². The van der Waals surface area contributed by atoms with E-state index in [9.17, 15) is 1.37 Å². The topological polar surface area (TPSA) is 17.8 Å². The largest absolute Gasteiger partial charge is 0.292 e. The zero-order valence-electron chi connectivity index (χ0n) is 31.0. The van der Waals surface area contributed by atoms with Crippen LogP contribution < -0.4 is 0 Å². The summed E-state index contributed by atoms with van der Waals surface area (Å²) in [6.45, 7) is 0. The molecule has 0 fully saturated rings. The molecule has 0 saturated carbocycles. The number of aromatic nitrogens is 2. The summed E-state index contributed by atoms with van der Waals surface area (Å²) in [6, 6.07) is 39.6. The molecule has 0 aliphatic rings. The highest BCUT2D eigenvalue weighted by molar-refractivity contribution is 6.23. The molecule has 1 heterocycles. The van der Waals surface area contributed by atoms with Gasteiger partial charge in [0.1, 0.15) is 5.82 Å². The van der Waals surface area contributed by atoms with Crippen LogP contribution in [0.15, 0.2) is 170 Å². The molecule has 0 atom stereocenters. The third kappa shape index (κ3) is 4.07. The molecule has 0 bridgehead atoms. The van der Waals surface area contributed by atoms with Crippen molar-refractivity contribution < 1.29 is 9.60 Å². The zero-order valence-corrected chi connectivity index (χ0v) is 24.0. The van der Waals surface area contributed by atoms with Gasteiger partial charge in [-0.15, -0.1) is 0 Å². The Morgan fingerprint density at radius 1 is 0.489 bits per heavy atom. The lowest BCUT2D eigenvalue weighted by atomic mass is 9.84. The van der Waals surface area contributed by atoms with Crippen LogP contribution >= 0.6 is 0 Å². The van der Waals surface area contributed by atoms with Crippen molar-refractivity contribution in [2.75, 3.05) is 0 Å². The Morgan fingerprint density at radius 3 is 1.89 bits per heavy atom. The molecule has 0 amide bonds. The molecular weight excluding hydrogens is 544 g/mol. The third-order valence-electron chi connectivity index (χ3n) is 8.48. The van der Waals surface area contributed by atoms with Crippen LogP contribution in [0.25, 0.3) is 82.7 Å². The second-order valence-electron chi connectivity index (χ2n) is 11.0. The van der Waals surface area contributed by atoms with Gasteiger partial charge in [-0.25, -0.2) is 4.98 Å². The van der Waals surface area contributed by atoms with Crippen molar-refractivity contribution >= 4 is 43.4 Å². The smallest absolute Gasteiger partial charge is 0.145 e. The lowest BCUT2D eigenvalue weighted by molar-refractivity contribution is 1.10. The molecule has 0 aliphatic carbocycles. The molecule has 0 N–H and O–H groups in total. The van der Waals surface area contributed by atoms with E-state index in [1.807, 2.05) is 91.0 Å². The summed E-state index contributed by atoms with van der Waals surface area (Å²) in [5.41, 5.74) is 6.52. The summed E-state index contributed by atoms with van der Waals surface area (Å²) < 4.78 is 63.4. The van der Waals surface area contributed by atoms with Crippen LogP contribution in [0, 0.1) is 0 Å². The number of hydrogen-bond donors (Lipinski definition) is 0. The number of fused-ring (bicyclic) bond motifs is 4. The summed E-state index contributed by atoms with van der Waals surface area (Å²) in [4.78, 5) is 5.10. The lowest BCUT2D eigenvalue weighted by Crippen LogP contribution is -1.97. The van der Waals surface area contributed by atoms with Crippen LogP contribution in [-0.4, -0.2) is 9.55 Å². The first-order valence-electron chi connectivity index (χ1n) is 18.3. The number of nitrogens with zero attached hydrogens (tertiary/aromatic N) is 2. The highest BCUT2D eigenvalue weighted by Gasteiger charge is 2.19. The second kappa shape index (κ2) is 10.3. The van der Waals surface area contributed by atoms with Crippen LogP contribution in [-0.2, 0) is 0 Å². The van der Waals surface area contributed by atoms with Crippen molar-refractivity contribution in [3.05, 3.63) is 170 Å². The fourth-order valence-corrected chi connectivity index (χ4v) is 6.58. The average molecular weight is 580 g/mol. The Kier molecular flexibility index (Phi) is 4.43. The first-order chi connectivity index (χ1) is 25.3. The normalized spacial score (nSPS) is 13.7. The van der Waals surface area contributed by atoms with Crippen LogP contribution in [0.3, 0.4) is 0 Å². The van der Waals surface area contributed by atoms with Gasteiger partial charge in [0.25, 0.3) is 0 Å². The van der Waals surface area contributed by atoms with E-state index in [1.54, 1.807) is 0 Å². The van der Waals surface area contributed by atoms with Crippen molar-refractivity contribution in [3.8, 4) is 39.3 Å². The van der Waals surface area contributed by atoms with Gasteiger partial charge in [0.05, 0.1) is 20.6 Å². The van der Waals surface area contributed by atoms with Gasteiger partial charge in [-0.3, -0.25) is 4.57 Å². The highest BCUT2D eigenvalue weighted by Crippen LogP contribution is 2.45. The van der Waals surface area contributed by atoms with Gasteiger partial charge in [0, 0.05) is 11.3 Å². The van der Waals surface area contributed by atoms with E-state index in [-0.39, 0.29) is 40.5 Å². The summed E-state index contributed by atoms with van der Waals surface area (Å²) in [5.74, 6) is 0.803. The van der Waals surface area contributed by atoms with Crippen LogP contribution in [0.1, 0.15) is 9.60 Å². The Hall–Kier alpha value is -5.99. The fourth-order valence-electron chi connectivity index (χ4n) is 6.58. The molecule has 0 aliphatic heterocycles. The summed E-state index contributed by atoms with van der Waals surface area (Å²) in [6.07, 6.45) is 0. The molecule has 9 aromatic rings. The van der Waals surface area contributed by atoms with Crippen LogP contribution in [0.5, 0.6) is 0 Å². The second-order valence-corrected chi connectivity index (χ2v) is 11.0. The van der Waals surface area contributed by atoms with Gasteiger partial charge in [0.15, 0.2) is 0 Å². The number of para-hydroxylation sites is 3. The van der Waals surface area contributed by atoms with Gasteiger partial charge in [-0.1, -0.05) is 139 Å². The minimum absolute atomic E-state index is 0.0618. The molecular formula is C43H28N2. The summed E-state index contributed by atoms with van der Waals surface area (Å²) in [7, 11) is 0. The first kappa shape index (κ1) is 19.3. The minimum Gasteiger partial charge on any atom is -0.292 e. The number of imidazole rings is 1. The predicted octanol–water partition coefficient (Wildman–Crippen LogP) is 11.5. The van der Waals surface area contributed by atoms with Gasteiger partial charge in [-0.05, 0) is 84.9 Å². The Balaban J connectivity index is 1.37. The number of rotatable bonds is 4. The standard InChI is InChI=1S/C43H28N2/c1-2-18-32(19-3-1)45-40-27-11-10-26-39(40)44-43(45)31-17-12-16-30(28-31)41-35-21-6-8-23-37(35)42(38-24-9-7-22-36(38)41)34-25-13-15-29-14-4-5-20-33(29)34/h1-28H/i4D,5D,13D,14D,15D,20D,25D. The van der Waals surface area contributed by atoms with Crippen LogP contribution in [0.4, 0.5) is 0 Å². The molecule has 0 radical (unpaired) electrons. The Morgan fingerprint density at radius 2 is 1.11 bits per heavy atom. The monoisotopic (exact) mass is 579 g/mol. The summed E-state index contributed by atoms with van der Waals surface area (Å²) in [5, 5.41) is 3.28. The Bertz CT molecular complexity index is 2870. The van der Waals surface area contributed by atoms with Crippen LogP contribution in [0.2, 0.25) is 0 Å². The van der Waals surface area contributed by atoms with Crippen molar-refractivity contribution in [3.63, 3.8) is 0 Å². The predicted molar refractivity (Wildman–Crippen MR) is 190 cm³/mol. The number of hydrogen-bond acceptors (Lipinski definition) is 1. The van der Waals surface area contributed by atoms with Gasteiger partial charge in [0.2, 0.25) is 0 Å². The number of benzene rings is 8. The zero-order chi connectivity index (χ0) is 35.8. The maximum atomic E-state index is 9.21. The highest BCUT2D eigenvalue weighted by atomic mass is 15.1. The molecule has 0 spiro atoms. The maximum absolute atomic E-state index is 9.21. The van der Waals surface area contributed by atoms with E-state index in [4.69, 9.17) is 13.2 Å². The van der Waals surface area contributed by atoms with Gasteiger partial charge < -0.3 is 0 Å². The van der Waals surface area contributed by atoms with Crippen molar-refractivity contribution in [1.29, 1.82) is 0 Å². The molecule has 45 heavy (non-hydrogen) atoms. The SMILES string of the molecule is [2H]c1c([2H])c([2H])c2c(-c3c4ccccc4c(-c4cccc(-c5nc6ccccc6n5-c5ccccc5)c4)c4ccccc34)c([2H])c([2H])c([2H])c2c1[2H]. The molecule has 210 valence electrons. The lowest BCUT2D eigenvalue weighted by Gasteiger charge is -2.19. The van der Waals surface area contributed by atoms with E-state index in [0.29, 0.717) is 5.56 Å². The van der Waals surface area contributed by atoms with Crippen molar-refractivity contribution in [2.24, 2.45) is 0 Å². The molecule has 2 heteroatoms. The summed E-state index contributed by atoms with van der Waals surface area (Å²) >= 11 is 0. The first-order valence-corrected chi connectivity index (χ1v) is 14.8. The van der Waals surface area contributed by atoms with Gasteiger partial charge in [-0.2, -0.15) is 0 Å². The van der Waals surface area contributed by atoms with Crippen molar-refractivity contribution in [1.82, 2.24) is 9.55 Å². The minimum atomic E-state index is -0.472. The molecule has 9 rings (SSSR count). The Labute approximate surface area is 271 Å².